The zero-order valence-corrected chi connectivity index (χ0v) is 23.9. The number of halogens is 3. The summed E-state index contributed by atoms with van der Waals surface area (Å²) in [6, 6.07) is 16.5. The lowest BCUT2D eigenvalue weighted by atomic mass is 10.0. The Morgan fingerprint density at radius 2 is 1.62 bits per heavy atom. The highest BCUT2D eigenvalue weighted by atomic mass is 35.5. The van der Waals surface area contributed by atoms with Gasteiger partial charge in [0.05, 0.1) is 39.0 Å². The molecule has 7 nitrogen and oxygen atoms in total. The maximum absolute atomic E-state index is 13.1. The third-order valence-corrected chi connectivity index (χ3v) is 6.97. The molecule has 0 unspecified atom stereocenters. The molecule has 1 amide bonds. The number of nitrogens with zero attached hydrogens (tertiary/aromatic N) is 2. The predicted molar refractivity (Wildman–Crippen MR) is 152 cm³/mol. The van der Waals surface area contributed by atoms with Crippen LogP contribution in [0, 0.1) is 0 Å². The van der Waals surface area contributed by atoms with Crippen LogP contribution >= 0.6 is 34.8 Å². The van der Waals surface area contributed by atoms with Gasteiger partial charge in [-0.05, 0) is 42.5 Å². The molecular weight excluding hydrogens is 563 g/mol. The van der Waals surface area contributed by atoms with Crippen LogP contribution in [-0.2, 0) is 11.3 Å². The summed E-state index contributed by atoms with van der Waals surface area (Å²) in [7, 11) is 2.88. The van der Waals surface area contributed by atoms with Crippen molar-refractivity contribution >= 4 is 52.4 Å². The standard InChI is InChI=1S/C29H25Cl3N2O5/c1-16(2)27-20(26(33-39-27)25-21(30)9-6-10-22(25)31)15-38-19-11-12-24(23(32)14-19)34(3)28(35)17-7-5-8-18(13-17)29(36)37-4/h5-14,16H,15H2,1-4H3. The van der Waals surface area contributed by atoms with Crippen LogP contribution in [0.15, 0.2) is 65.2 Å². The highest BCUT2D eigenvalue weighted by Gasteiger charge is 2.24. The van der Waals surface area contributed by atoms with Crippen LogP contribution < -0.4 is 9.64 Å². The third kappa shape index (κ3) is 6.06. The van der Waals surface area contributed by atoms with Crippen LogP contribution in [0.25, 0.3) is 11.3 Å². The molecule has 1 heterocycles. The van der Waals surface area contributed by atoms with Gasteiger partial charge in [-0.15, -0.1) is 0 Å². The topological polar surface area (TPSA) is 81.9 Å². The number of aromatic nitrogens is 1. The van der Waals surface area contributed by atoms with E-state index in [1.165, 1.54) is 18.1 Å². The van der Waals surface area contributed by atoms with Gasteiger partial charge < -0.3 is 18.9 Å². The molecular formula is C29H25Cl3N2O5. The molecule has 4 rings (SSSR count). The summed E-state index contributed by atoms with van der Waals surface area (Å²) in [5.41, 5.74) is 2.86. The molecule has 10 heteroatoms. The summed E-state index contributed by atoms with van der Waals surface area (Å²) in [4.78, 5) is 26.4. The lowest BCUT2D eigenvalue weighted by Crippen LogP contribution is -2.26. The van der Waals surface area contributed by atoms with Gasteiger partial charge in [0, 0.05) is 30.2 Å². The Hall–Kier alpha value is -3.52. The average Bonchev–Trinajstić information content (AvgIpc) is 3.34. The van der Waals surface area contributed by atoms with Crippen molar-refractivity contribution < 1.29 is 23.6 Å². The van der Waals surface area contributed by atoms with Crippen molar-refractivity contribution in [3.63, 3.8) is 0 Å². The van der Waals surface area contributed by atoms with E-state index in [9.17, 15) is 9.59 Å². The second-order valence-corrected chi connectivity index (χ2v) is 10.2. The molecule has 1 aromatic heterocycles. The normalized spacial score (nSPS) is 11.0. The first kappa shape index (κ1) is 28.5. The number of carbonyl (C=O) groups excluding carboxylic acids is 2. The van der Waals surface area contributed by atoms with Gasteiger partial charge in [-0.25, -0.2) is 4.79 Å². The second kappa shape index (κ2) is 12.1. The summed E-state index contributed by atoms with van der Waals surface area (Å²) in [5.74, 6) is 0.297. The predicted octanol–water partition coefficient (Wildman–Crippen LogP) is 8.07. The molecule has 0 saturated heterocycles. The van der Waals surface area contributed by atoms with E-state index in [0.29, 0.717) is 49.1 Å². The fourth-order valence-corrected chi connectivity index (χ4v) is 4.91. The van der Waals surface area contributed by atoms with Crippen molar-refractivity contribution in [3.8, 4) is 17.0 Å². The monoisotopic (exact) mass is 586 g/mol. The van der Waals surface area contributed by atoms with E-state index in [4.69, 9.17) is 48.8 Å². The van der Waals surface area contributed by atoms with Crippen LogP contribution in [0.1, 0.15) is 51.8 Å². The van der Waals surface area contributed by atoms with Crippen molar-refractivity contribution in [3.05, 3.63) is 98.2 Å². The molecule has 0 N–H and O–H groups in total. The quantitative estimate of drug-likeness (QED) is 0.194. The Labute approximate surface area is 241 Å². The van der Waals surface area contributed by atoms with Crippen LogP contribution in [0.3, 0.4) is 0 Å². The van der Waals surface area contributed by atoms with E-state index >= 15 is 0 Å². The molecule has 0 fully saturated rings. The maximum atomic E-state index is 13.1. The van der Waals surface area contributed by atoms with Crippen molar-refractivity contribution in [2.45, 2.75) is 26.4 Å². The highest BCUT2D eigenvalue weighted by Crippen LogP contribution is 2.39. The Balaban J connectivity index is 1.56. The lowest BCUT2D eigenvalue weighted by Gasteiger charge is -2.20. The molecule has 39 heavy (non-hydrogen) atoms. The highest BCUT2D eigenvalue weighted by molar-refractivity contribution is 6.39. The average molecular weight is 588 g/mol. The summed E-state index contributed by atoms with van der Waals surface area (Å²) < 4.78 is 16.5. The number of hydrogen-bond donors (Lipinski definition) is 0. The molecule has 4 aromatic rings. The molecule has 0 radical (unpaired) electrons. The van der Waals surface area contributed by atoms with Crippen molar-refractivity contribution in [2.24, 2.45) is 0 Å². The summed E-state index contributed by atoms with van der Waals surface area (Å²) >= 11 is 19.4. The number of carbonyl (C=O) groups is 2. The van der Waals surface area contributed by atoms with E-state index in [1.54, 1.807) is 61.6 Å². The first-order valence-electron chi connectivity index (χ1n) is 11.9. The smallest absolute Gasteiger partial charge is 0.337 e. The van der Waals surface area contributed by atoms with Gasteiger partial charge in [0.15, 0.2) is 0 Å². The number of ether oxygens (including phenoxy) is 2. The zero-order valence-electron chi connectivity index (χ0n) is 21.6. The van der Waals surface area contributed by atoms with E-state index < -0.39 is 5.97 Å². The molecule has 0 aliphatic rings. The zero-order chi connectivity index (χ0) is 28.3. The molecule has 0 saturated carbocycles. The number of anilines is 1. The lowest BCUT2D eigenvalue weighted by molar-refractivity contribution is 0.0600. The minimum atomic E-state index is -0.528. The number of methoxy groups -OCH3 is 1. The van der Waals surface area contributed by atoms with Gasteiger partial charge in [0.2, 0.25) is 0 Å². The number of rotatable bonds is 8. The van der Waals surface area contributed by atoms with Crippen LogP contribution in [0.2, 0.25) is 15.1 Å². The number of benzene rings is 3. The SMILES string of the molecule is COC(=O)c1cccc(C(=O)N(C)c2ccc(OCc3c(-c4c(Cl)cccc4Cl)noc3C(C)C)cc2Cl)c1. The van der Waals surface area contributed by atoms with Gasteiger partial charge in [0.25, 0.3) is 5.91 Å². The second-order valence-electron chi connectivity index (χ2n) is 8.96. The molecule has 202 valence electrons. The first-order chi connectivity index (χ1) is 18.6. The van der Waals surface area contributed by atoms with Crippen LogP contribution in [0.5, 0.6) is 5.75 Å². The van der Waals surface area contributed by atoms with Crippen molar-refractivity contribution in [1.29, 1.82) is 0 Å². The van der Waals surface area contributed by atoms with Gasteiger partial charge in [0.1, 0.15) is 23.8 Å². The van der Waals surface area contributed by atoms with Crippen molar-refractivity contribution in [1.82, 2.24) is 5.16 Å². The van der Waals surface area contributed by atoms with Gasteiger partial charge in [-0.1, -0.05) is 65.9 Å². The Morgan fingerprint density at radius 1 is 0.949 bits per heavy atom. The molecule has 0 spiro atoms. The van der Waals surface area contributed by atoms with Crippen molar-refractivity contribution in [2.75, 3.05) is 19.1 Å². The van der Waals surface area contributed by atoms with Gasteiger partial charge in [-0.2, -0.15) is 0 Å². The minimum absolute atomic E-state index is 0.0365. The minimum Gasteiger partial charge on any atom is -0.489 e. The van der Waals surface area contributed by atoms with E-state index in [-0.39, 0.29) is 24.0 Å². The fourth-order valence-electron chi connectivity index (χ4n) is 4.04. The number of amides is 1. The molecule has 0 aliphatic heterocycles. The van der Waals surface area contributed by atoms with Crippen LogP contribution in [-0.4, -0.2) is 31.2 Å². The summed E-state index contributed by atoms with van der Waals surface area (Å²) in [6.45, 7) is 4.10. The molecule has 0 atom stereocenters. The van der Waals surface area contributed by atoms with Gasteiger partial charge >= 0.3 is 5.97 Å². The molecule has 0 bridgehead atoms. The van der Waals surface area contributed by atoms with E-state index in [0.717, 1.165) is 5.56 Å². The van der Waals surface area contributed by atoms with Crippen LogP contribution in [0.4, 0.5) is 5.69 Å². The molecule has 0 aliphatic carbocycles. The Bertz CT molecular complexity index is 1510. The van der Waals surface area contributed by atoms with E-state index in [2.05, 4.69) is 5.16 Å². The third-order valence-electron chi connectivity index (χ3n) is 6.04. The Kier molecular flexibility index (Phi) is 8.85. The number of hydrogen-bond acceptors (Lipinski definition) is 6. The summed E-state index contributed by atoms with van der Waals surface area (Å²) in [6.07, 6.45) is 0. The Morgan fingerprint density at radius 3 is 2.26 bits per heavy atom. The molecule has 3 aromatic carbocycles. The fraction of sp³-hybridized carbons (Fsp3) is 0.207. The van der Waals surface area contributed by atoms with E-state index in [1.807, 2.05) is 13.8 Å². The maximum Gasteiger partial charge on any atom is 0.337 e. The largest absolute Gasteiger partial charge is 0.489 e. The number of esters is 1. The van der Waals surface area contributed by atoms with Gasteiger partial charge in [-0.3, -0.25) is 4.79 Å². The first-order valence-corrected chi connectivity index (χ1v) is 13.1. The summed E-state index contributed by atoms with van der Waals surface area (Å²) in [5, 5.41) is 5.44.